The van der Waals surface area contributed by atoms with E-state index >= 15 is 0 Å². The molecule has 0 aliphatic carbocycles. The molecule has 0 saturated carbocycles. The molecule has 120 valence electrons. The van der Waals surface area contributed by atoms with Gasteiger partial charge in [0.15, 0.2) is 0 Å². The molecule has 2 saturated heterocycles. The molecule has 0 aromatic heterocycles. The topological polar surface area (TPSA) is 70.1 Å². The number of carboxylic acids is 1. The van der Waals surface area contributed by atoms with E-state index in [4.69, 9.17) is 4.74 Å². The fraction of sp³-hybridized carbons (Fsp3) is 0.867. The summed E-state index contributed by atoms with van der Waals surface area (Å²) < 4.78 is 5.44. The highest BCUT2D eigenvalue weighted by atomic mass is 16.5. The Morgan fingerprint density at radius 2 is 2.05 bits per heavy atom. The molecule has 2 heterocycles. The van der Waals surface area contributed by atoms with Crippen molar-refractivity contribution < 1.29 is 19.4 Å². The summed E-state index contributed by atoms with van der Waals surface area (Å²) in [4.78, 5) is 27.6. The fourth-order valence-corrected chi connectivity index (χ4v) is 3.48. The van der Waals surface area contributed by atoms with Gasteiger partial charge < -0.3 is 14.7 Å². The van der Waals surface area contributed by atoms with Crippen molar-refractivity contribution in [3.05, 3.63) is 0 Å². The van der Waals surface area contributed by atoms with E-state index in [0.717, 1.165) is 12.8 Å². The number of carboxylic acid groups (broad SMARTS) is 1. The van der Waals surface area contributed by atoms with Crippen LogP contribution in [0.1, 0.15) is 33.6 Å². The van der Waals surface area contributed by atoms with Gasteiger partial charge in [0, 0.05) is 13.1 Å². The molecule has 2 atom stereocenters. The average Bonchev–Trinajstić information content (AvgIpc) is 2.37. The molecule has 2 aliphatic heterocycles. The van der Waals surface area contributed by atoms with Crippen molar-refractivity contribution in [2.24, 2.45) is 5.41 Å². The predicted molar refractivity (Wildman–Crippen MR) is 78.0 cm³/mol. The number of aliphatic carboxylic acids is 1. The maximum atomic E-state index is 12.4. The van der Waals surface area contributed by atoms with Gasteiger partial charge in [0.1, 0.15) is 6.04 Å². The van der Waals surface area contributed by atoms with E-state index in [1.54, 1.807) is 4.90 Å². The van der Waals surface area contributed by atoms with Crippen LogP contribution in [0, 0.1) is 5.41 Å². The van der Waals surface area contributed by atoms with Crippen molar-refractivity contribution in [3.8, 4) is 0 Å². The molecule has 1 N–H and O–H groups in total. The largest absolute Gasteiger partial charge is 0.480 e. The Hall–Kier alpha value is -1.14. The van der Waals surface area contributed by atoms with Gasteiger partial charge in [-0.1, -0.05) is 13.8 Å². The van der Waals surface area contributed by atoms with Crippen LogP contribution in [0.15, 0.2) is 0 Å². The summed E-state index contributed by atoms with van der Waals surface area (Å²) in [6.07, 6.45) is 1.86. The normalized spacial score (nSPS) is 30.1. The lowest BCUT2D eigenvalue weighted by atomic mass is 9.76. The van der Waals surface area contributed by atoms with Gasteiger partial charge in [0.25, 0.3) is 0 Å². The van der Waals surface area contributed by atoms with Gasteiger partial charge in [0.2, 0.25) is 5.91 Å². The zero-order chi connectivity index (χ0) is 15.6. The molecule has 2 rings (SSSR count). The molecule has 2 aliphatic rings. The van der Waals surface area contributed by atoms with E-state index in [1.165, 1.54) is 0 Å². The standard InChI is InChI=1S/C15H26N2O4/c1-11-9-16(7-8-21-11)12(18)10-17-6-4-5-15(2,3)13(17)14(19)20/h11,13H,4-10H2,1-3H3,(H,19,20). The second-order valence-electron chi connectivity index (χ2n) is 6.82. The highest BCUT2D eigenvalue weighted by molar-refractivity contribution is 5.80. The minimum atomic E-state index is -0.831. The predicted octanol–water partition coefficient (Wildman–Crippen LogP) is 0.809. The molecule has 2 fully saturated rings. The van der Waals surface area contributed by atoms with Gasteiger partial charge in [0.05, 0.1) is 19.3 Å². The summed E-state index contributed by atoms with van der Waals surface area (Å²) in [6, 6.07) is -0.589. The maximum absolute atomic E-state index is 12.4. The second kappa shape index (κ2) is 6.32. The lowest BCUT2D eigenvalue weighted by Gasteiger charge is -2.44. The molecular weight excluding hydrogens is 272 g/mol. The van der Waals surface area contributed by atoms with Crippen LogP contribution in [0.25, 0.3) is 0 Å². The molecule has 0 radical (unpaired) electrons. The second-order valence-corrected chi connectivity index (χ2v) is 6.82. The number of carbonyl (C=O) groups excluding carboxylic acids is 1. The lowest BCUT2D eigenvalue weighted by Crippen LogP contribution is -2.57. The molecule has 0 spiro atoms. The molecule has 2 unspecified atom stereocenters. The first-order chi connectivity index (χ1) is 9.81. The zero-order valence-electron chi connectivity index (χ0n) is 13.2. The van der Waals surface area contributed by atoms with E-state index in [1.807, 2.05) is 25.7 Å². The highest BCUT2D eigenvalue weighted by Crippen LogP contribution is 2.35. The SMILES string of the molecule is CC1CN(C(=O)CN2CCCC(C)(C)C2C(=O)O)CCO1. The Morgan fingerprint density at radius 3 is 2.67 bits per heavy atom. The Kier molecular flexibility index (Phi) is 4.88. The van der Waals surface area contributed by atoms with E-state index in [2.05, 4.69) is 0 Å². The number of hydrogen-bond acceptors (Lipinski definition) is 4. The van der Waals surface area contributed by atoms with Crippen molar-refractivity contribution >= 4 is 11.9 Å². The van der Waals surface area contributed by atoms with Gasteiger partial charge in [-0.05, 0) is 31.7 Å². The molecule has 1 amide bonds. The van der Waals surface area contributed by atoms with Crippen molar-refractivity contribution in [3.63, 3.8) is 0 Å². The van der Waals surface area contributed by atoms with E-state index in [9.17, 15) is 14.7 Å². The van der Waals surface area contributed by atoms with Gasteiger partial charge in [-0.2, -0.15) is 0 Å². The number of hydrogen-bond donors (Lipinski definition) is 1. The van der Waals surface area contributed by atoms with Crippen LogP contribution in [0.4, 0.5) is 0 Å². The average molecular weight is 298 g/mol. The van der Waals surface area contributed by atoms with Crippen LogP contribution >= 0.6 is 0 Å². The van der Waals surface area contributed by atoms with Crippen molar-refractivity contribution in [1.29, 1.82) is 0 Å². The van der Waals surface area contributed by atoms with Crippen LogP contribution < -0.4 is 0 Å². The van der Waals surface area contributed by atoms with Gasteiger partial charge in [-0.15, -0.1) is 0 Å². The number of amides is 1. The number of ether oxygens (including phenoxy) is 1. The van der Waals surface area contributed by atoms with Crippen LogP contribution in [0.2, 0.25) is 0 Å². The Bertz CT molecular complexity index is 410. The number of piperidine rings is 1. The van der Waals surface area contributed by atoms with Crippen molar-refractivity contribution in [2.45, 2.75) is 45.8 Å². The van der Waals surface area contributed by atoms with Crippen LogP contribution in [-0.2, 0) is 14.3 Å². The smallest absolute Gasteiger partial charge is 0.321 e. The molecule has 6 heteroatoms. The summed E-state index contributed by atoms with van der Waals surface area (Å²) in [6.45, 7) is 8.49. The summed E-state index contributed by atoms with van der Waals surface area (Å²) in [7, 11) is 0. The number of morpholine rings is 1. The Morgan fingerprint density at radius 1 is 1.33 bits per heavy atom. The van der Waals surface area contributed by atoms with Crippen LogP contribution in [0.5, 0.6) is 0 Å². The zero-order valence-corrected chi connectivity index (χ0v) is 13.2. The first-order valence-corrected chi connectivity index (χ1v) is 7.67. The quantitative estimate of drug-likeness (QED) is 0.835. The molecular formula is C15H26N2O4. The van der Waals surface area contributed by atoms with E-state index in [0.29, 0.717) is 26.2 Å². The van der Waals surface area contributed by atoms with Gasteiger partial charge >= 0.3 is 5.97 Å². The summed E-state index contributed by atoms with van der Waals surface area (Å²) in [5.74, 6) is -0.822. The molecule has 0 aromatic rings. The van der Waals surface area contributed by atoms with Gasteiger partial charge in [-0.3, -0.25) is 14.5 Å². The highest BCUT2D eigenvalue weighted by Gasteiger charge is 2.43. The summed E-state index contributed by atoms with van der Waals surface area (Å²) in [5.41, 5.74) is -0.303. The van der Waals surface area contributed by atoms with E-state index < -0.39 is 12.0 Å². The number of carbonyl (C=O) groups is 2. The molecule has 21 heavy (non-hydrogen) atoms. The Balaban J connectivity index is 2.02. The minimum absolute atomic E-state index is 0.00843. The third-order valence-corrected chi connectivity index (χ3v) is 4.54. The molecule has 6 nitrogen and oxygen atoms in total. The summed E-state index contributed by atoms with van der Waals surface area (Å²) >= 11 is 0. The third kappa shape index (κ3) is 3.74. The van der Waals surface area contributed by atoms with Crippen LogP contribution in [0.3, 0.4) is 0 Å². The number of nitrogens with zero attached hydrogens (tertiary/aromatic N) is 2. The monoisotopic (exact) mass is 298 g/mol. The first-order valence-electron chi connectivity index (χ1n) is 7.67. The maximum Gasteiger partial charge on any atom is 0.321 e. The van der Waals surface area contributed by atoms with Crippen molar-refractivity contribution in [2.75, 3.05) is 32.8 Å². The fourth-order valence-electron chi connectivity index (χ4n) is 3.48. The lowest BCUT2D eigenvalue weighted by molar-refractivity contribution is -0.153. The van der Waals surface area contributed by atoms with Crippen molar-refractivity contribution in [1.82, 2.24) is 9.80 Å². The number of likely N-dealkylation sites (tertiary alicyclic amines) is 1. The van der Waals surface area contributed by atoms with Gasteiger partial charge in [-0.25, -0.2) is 0 Å². The minimum Gasteiger partial charge on any atom is -0.480 e. The first kappa shape index (κ1) is 16.2. The third-order valence-electron chi connectivity index (χ3n) is 4.54. The molecule has 0 bridgehead atoms. The van der Waals surface area contributed by atoms with E-state index in [-0.39, 0.29) is 24.0 Å². The summed E-state index contributed by atoms with van der Waals surface area (Å²) in [5, 5.41) is 9.52. The Labute approximate surface area is 126 Å². The number of rotatable bonds is 3. The van der Waals surface area contributed by atoms with Crippen LogP contribution in [-0.4, -0.2) is 71.7 Å². The molecule has 0 aromatic carbocycles.